The second kappa shape index (κ2) is 6.75. The van der Waals surface area contributed by atoms with Crippen LogP contribution in [0.2, 0.25) is 0 Å². The molecule has 2 aromatic rings. The number of nitrogens with one attached hydrogen (secondary N) is 1. The van der Waals surface area contributed by atoms with Crippen LogP contribution in [-0.4, -0.2) is 6.61 Å². The predicted molar refractivity (Wildman–Crippen MR) is 80.6 cm³/mol. The van der Waals surface area contributed by atoms with Crippen molar-refractivity contribution in [3.63, 3.8) is 0 Å². The molecular weight excluding hydrogens is 253 g/mol. The fraction of sp³-hybridized carbons (Fsp3) is 0.176. The summed E-state index contributed by atoms with van der Waals surface area (Å²) in [6, 6.07) is 12.8. The quantitative estimate of drug-likeness (QED) is 0.790. The van der Waals surface area contributed by atoms with Crippen LogP contribution < -0.4 is 10.1 Å². The number of aryl methyl sites for hydroxylation is 1. The fourth-order valence-electron chi connectivity index (χ4n) is 1.89. The molecular formula is C17H18FNO. The lowest BCUT2D eigenvalue weighted by molar-refractivity contribution is 0.359. The van der Waals surface area contributed by atoms with Gasteiger partial charge in [-0.05, 0) is 30.7 Å². The molecule has 0 fully saturated rings. The van der Waals surface area contributed by atoms with Crippen molar-refractivity contribution in [1.29, 1.82) is 0 Å². The molecule has 0 spiro atoms. The lowest BCUT2D eigenvalue weighted by atomic mass is 10.2. The lowest BCUT2D eigenvalue weighted by Crippen LogP contribution is -2.04. The number of halogens is 1. The molecule has 0 unspecified atom stereocenters. The van der Waals surface area contributed by atoms with Crippen LogP contribution in [0, 0.1) is 12.7 Å². The largest absolute Gasteiger partial charge is 0.489 e. The highest BCUT2D eigenvalue weighted by molar-refractivity contribution is 5.47. The Morgan fingerprint density at radius 1 is 1.25 bits per heavy atom. The third-order valence-corrected chi connectivity index (χ3v) is 2.92. The van der Waals surface area contributed by atoms with Crippen LogP contribution >= 0.6 is 0 Å². The van der Waals surface area contributed by atoms with Crippen molar-refractivity contribution in [3.8, 4) is 5.75 Å². The molecule has 2 nitrogen and oxygen atoms in total. The zero-order chi connectivity index (χ0) is 14.4. The number of para-hydroxylation sites is 1. The maximum Gasteiger partial charge on any atom is 0.146 e. The summed E-state index contributed by atoms with van der Waals surface area (Å²) in [6.07, 6.45) is 1.70. The van der Waals surface area contributed by atoms with Crippen LogP contribution in [0.3, 0.4) is 0 Å². The summed E-state index contributed by atoms with van der Waals surface area (Å²) in [5, 5.41) is 3.09. The third kappa shape index (κ3) is 3.60. The van der Waals surface area contributed by atoms with Crippen molar-refractivity contribution < 1.29 is 9.13 Å². The van der Waals surface area contributed by atoms with E-state index >= 15 is 0 Å². The number of ether oxygens (including phenoxy) is 1. The van der Waals surface area contributed by atoms with Crippen LogP contribution in [0.25, 0.3) is 0 Å². The highest BCUT2D eigenvalue weighted by Gasteiger charge is 2.05. The first-order chi connectivity index (χ1) is 9.70. The molecule has 0 aliphatic rings. The minimum Gasteiger partial charge on any atom is -0.489 e. The summed E-state index contributed by atoms with van der Waals surface area (Å²) in [6.45, 7) is 6.46. The van der Waals surface area contributed by atoms with E-state index < -0.39 is 0 Å². The maximum atomic E-state index is 13.7. The van der Waals surface area contributed by atoms with E-state index in [2.05, 4.69) is 11.9 Å². The molecule has 0 aromatic heterocycles. The fourth-order valence-corrected chi connectivity index (χ4v) is 1.89. The molecule has 0 amide bonds. The second-order valence-electron chi connectivity index (χ2n) is 4.54. The van der Waals surface area contributed by atoms with Gasteiger partial charge in [0.2, 0.25) is 0 Å². The predicted octanol–water partition coefficient (Wildman–Crippen LogP) is 4.31. The molecule has 0 radical (unpaired) electrons. The molecule has 0 bridgehead atoms. The lowest BCUT2D eigenvalue weighted by Gasteiger charge is -2.12. The topological polar surface area (TPSA) is 21.3 Å². The maximum absolute atomic E-state index is 13.7. The normalized spacial score (nSPS) is 10.1. The number of anilines is 1. The molecule has 0 saturated heterocycles. The van der Waals surface area contributed by atoms with Gasteiger partial charge in [-0.3, -0.25) is 0 Å². The van der Waals surface area contributed by atoms with Crippen molar-refractivity contribution in [1.82, 2.24) is 0 Å². The Balaban J connectivity index is 2.08. The Kier molecular flexibility index (Phi) is 4.77. The van der Waals surface area contributed by atoms with Gasteiger partial charge in [-0.2, -0.15) is 0 Å². The van der Waals surface area contributed by atoms with Gasteiger partial charge in [-0.1, -0.05) is 36.9 Å². The Bertz CT molecular complexity index is 595. The van der Waals surface area contributed by atoms with Crippen LogP contribution in [0.1, 0.15) is 11.1 Å². The average molecular weight is 271 g/mol. The Morgan fingerprint density at radius 2 is 2.05 bits per heavy atom. The van der Waals surface area contributed by atoms with Gasteiger partial charge in [0.25, 0.3) is 0 Å². The number of rotatable bonds is 6. The van der Waals surface area contributed by atoms with Gasteiger partial charge in [0.15, 0.2) is 0 Å². The highest BCUT2D eigenvalue weighted by atomic mass is 19.1. The molecule has 0 saturated carbocycles. The van der Waals surface area contributed by atoms with Gasteiger partial charge in [-0.15, -0.1) is 0 Å². The third-order valence-electron chi connectivity index (χ3n) is 2.92. The van der Waals surface area contributed by atoms with Gasteiger partial charge < -0.3 is 10.1 Å². The summed E-state index contributed by atoms with van der Waals surface area (Å²) in [5.74, 6) is 0.543. The molecule has 2 rings (SSSR count). The Hall–Kier alpha value is -2.29. The minimum absolute atomic E-state index is 0.241. The molecule has 20 heavy (non-hydrogen) atoms. The number of hydrogen-bond donors (Lipinski definition) is 1. The average Bonchev–Trinajstić information content (AvgIpc) is 2.45. The molecule has 2 aromatic carbocycles. The molecule has 0 heterocycles. The van der Waals surface area contributed by atoms with Gasteiger partial charge >= 0.3 is 0 Å². The number of benzene rings is 2. The molecule has 0 atom stereocenters. The summed E-state index contributed by atoms with van der Waals surface area (Å²) >= 11 is 0. The molecule has 0 aliphatic carbocycles. The summed E-state index contributed by atoms with van der Waals surface area (Å²) in [5.41, 5.74) is 2.38. The van der Waals surface area contributed by atoms with Gasteiger partial charge in [0.1, 0.15) is 18.2 Å². The van der Waals surface area contributed by atoms with Crippen molar-refractivity contribution in [2.75, 3.05) is 11.9 Å². The standard InChI is InChI=1S/C17H18FNO/c1-3-10-20-17-7-5-4-6-14(17)12-19-16-9-8-13(2)11-15(16)18/h3-9,11,19H,1,10,12H2,2H3. The smallest absolute Gasteiger partial charge is 0.146 e. The number of hydrogen-bond acceptors (Lipinski definition) is 2. The van der Waals surface area contributed by atoms with Gasteiger partial charge in [0.05, 0.1) is 5.69 Å². The van der Waals surface area contributed by atoms with E-state index in [4.69, 9.17) is 4.74 Å². The Morgan fingerprint density at radius 3 is 2.80 bits per heavy atom. The van der Waals surface area contributed by atoms with E-state index in [1.54, 1.807) is 12.1 Å². The van der Waals surface area contributed by atoms with E-state index in [-0.39, 0.29) is 5.82 Å². The van der Waals surface area contributed by atoms with E-state index in [1.807, 2.05) is 37.3 Å². The Labute approximate surface area is 118 Å². The summed E-state index contributed by atoms with van der Waals surface area (Å²) in [4.78, 5) is 0. The molecule has 104 valence electrons. The van der Waals surface area contributed by atoms with E-state index in [0.29, 0.717) is 18.8 Å². The van der Waals surface area contributed by atoms with Crippen LogP contribution in [0.15, 0.2) is 55.1 Å². The highest BCUT2D eigenvalue weighted by Crippen LogP contribution is 2.21. The zero-order valence-corrected chi connectivity index (χ0v) is 11.5. The first-order valence-electron chi connectivity index (χ1n) is 6.52. The monoisotopic (exact) mass is 271 g/mol. The molecule has 0 aliphatic heterocycles. The molecule has 1 N–H and O–H groups in total. The first-order valence-corrected chi connectivity index (χ1v) is 6.52. The van der Waals surface area contributed by atoms with Crippen molar-refractivity contribution in [3.05, 3.63) is 72.1 Å². The zero-order valence-electron chi connectivity index (χ0n) is 11.5. The SMILES string of the molecule is C=CCOc1ccccc1CNc1ccc(C)cc1F. The molecule has 3 heteroatoms. The van der Waals surface area contributed by atoms with E-state index in [0.717, 1.165) is 16.9 Å². The van der Waals surface area contributed by atoms with Gasteiger partial charge in [-0.25, -0.2) is 4.39 Å². The minimum atomic E-state index is -0.241. The van der Waals surface area contributed by atoms with Crippen LogP contribution in [0.5, 0.6) is 5.75 Å². The van der Waals surface area contributed by atoms with Gasteiger partial charge in [0, 0.05) is 12.1 Å². The second-order valence-corrected chi connectivity index (χ2v) is 4.54. The summed E-state index contributed by atoms with van der Waals surface area (Å²) in [7, 11) is 0. The van der Waals surface area contributed by atoms with E-state index in [1.165, 1.54) is 6.07 Å². The van der Waals surface area contributed by atoms with Crippen molar-refractivity contribution >= 4 is 5.69 Å². The van der Waals surface area contributed by atoms with Crippen LogP contribution in [-0.2, 0) is 6.54 Å². The summed E-state index contributed by atoms with van der Waals surface area (Å²) < 4.78 is 19.3. The van der Waals surface area contributed by atoms with E-state index in [9.17, 15) is 4.39 Å². The van der Waals surface area contributed by atoms with Crippen LogP contribution in [0.4, 0.5) is 10.1 Å². The van der Waals surface area contributed by atoms with Crippen molar-refractivity contribution in [2.45, 2.75) is 13.5 Å². The first kappa shape index (κ1) is 14.1. The van der Waals surface area contributed by atoms with Crippen molar-refractivity contribution in [2.24, 2.45) is 0 Å².